The van der Waals surface area contributed by atoms with Crippen molar-refractivity contribution in [1.82, 2.24) is 4.90 Å². The number of furan rings is 1. The number of carbonyl (C=O) groups excluding carboxylic acids is 1. The van der Waals surface area contributed by atoms with Gasteiger partial charge in [0.1, 0.15) is 17.4 Å². The Labute approximate surface area is 126 Å². The minimum Gasteiger partial charge on any atom is -0.456 e. The van der Waals surface area contributed by atoms with Crippen LogP contribution in [0.15, 0.2) is 34.7 Å². The summed E-state index contributed by atoms with van der Waals surface area (Å²) in [5.74, 6) is -0.934. The van der Waals surface area contributed by atoms with Gasteiger partial charge in [-0.25, -0.2) is 8.78 Å². The molecule has 22 heavy (non-hydrogen) atoms. The molecule has 1 aromatic heterocycles. The van der Waals surface area contributed by atoms with Gasteiger partial charge >= 0.3 is 0 Å². The quantitative estimate of drug-likeness (QED) is 0.928. The highest BCUT2D eigenvalue weighted by molar-refractivity contribution is 5.92. The molecule has 116 valence electrons. The first-order valence-electron chi connectivity index (χ1n) is 6.96. The minimum absolute atomic E-state index is 0.0548. The molecule has 1 fully saturated rings. The Morgan fingerprint density at radius 1 is 1.32 bits per heavy atom. The van der Waals surface area contributed by atoms with E-state index in [0.29, 0.717) is 5.76 Å². The summed E-state index contributed by atoms with van der Waals surface area (Å²) in [5, 5.41) is 9.85. The van der Waals surface area contributed by atoms with Gasteiger partial charge in [-0.1, -0.05) is 0 Å². The highest BCUT2D eigenvalue weighted by atomic mass is 19.1. The zero-order valence-corrected chi connectivity index (χ0v) is 11.9. The molecule has 1 aliphatic rings. The van der Waals surface area contributed by atoms with Crippen LogP contribution in [0, 0.1) is 18.6 Å². The molecule has 2 atom stereocenters. The predicted octanol–water partition coefficient (Wildman–Crippen LogP) is 2.81. The Balaban J connectivity index is 1.95. The fourth-order valence-electron chi connectivity index (χ4n) is 2.79. The average molecular weight is 307 g/mol. The van der Waals surface area contributed by atoms with Gasteiger partial charge in [-0.2, -0.15) is 0 Å². The summed E-state index contributed by atoms with van der Waals surface area (Å²) in [6.07, 6.45) is -0.626. The van der Waals surface area contributed by atoms with Gasteiger partial charge in [0.15, 0.2) is 5.76 Å². The summed E-state index contributed by atoms with van der Waals surface area (Å²) >= 11 is 0. The van der Waals surface area contributed by atoms with Gasteiger partial charge < -0.3 is 14.4 Å². The summed E-state index contributed by atoms with van der Waals surface area (Å²) < 4.78 is 32.7. The first kappa shape index (κ1) is 14.7. The minimum atomic E-state index is -0.785. The second-order valence-electron chi connectivity index (χ2n) is 5.44. The van der Waals surface area contributed by atoms with Crippen molar-refractivity contribution < 1.29 is 23.1 Å². The number of likely N-dealkylation sites (tertiary alicyclic amines) is 1. The van der Waals surface area contributed by atoms with Crippen molar-refractivity contribution in [2.24, 2.45) is 0 Å². The molecule has 1 saturated heterocycles. The summed E-state index contributed by atoms with van der Waals surface area (Å²) in [4.78, 5) is 13.8. The Bertz CT molecular complexity index is 713. The molecule has 2 aromatic rings. The van der Waals surface area contributed by atoms with E-state index < -0.39 is 29.7 Å². The zero-order chi connectivity index (χ0) is 15.9. The molecule has 0 bridgehead atoms. The van der Waals surface area contributed by atoms with Crippen LogP contribution in [0.2, 0.25) is 0 Å². The van der Waals surface area contributed by atoms with Crippen LogP contribution >= 0.6 is 0 Å². The third-order valence-electron chi connectivity index (χ3n) is 3.81. The molecule has 1 amide bonds. The molecule has 1 N–H and O–H groups in total. The molecule has 0 unspecified atom stereocenters. The van der Waals surface area contributed by atoms with Crippen LogP contribution in [0.25, 0.3) is 0 Å². The van der Waals surface area contributed by atoms with Crippen LogP contribution in [0.4, 0.5) is 8.78 Å². The Hall–Kier alpha value is -2.21. The second kappa shape index (κ2) is 5.53. The van der Waals surface area contributed by atoms with Gasteiger partial charge in [-0.3, -0.25) is 4.79 Å². The molecule has 1 aromatic carbocycles. The number of halogens is 2. The van der Waals surface area contributed by atoms with Crippen molar-refractivity contribution in [1.29, 1.82) is 0 Å². The van der Waals surface area contributed by atoms with Gasteiger partial charge in [0, 0.05) is 12.1 Å². The monoisotopic (exact) mass is 307 g/mol. The number of rotatable bonds is 2. The van der Waals surface area contributed by atoms with Crippen LogP contribution in [0.1, 0.15) is 34.3 Å². The van der Waals surface area contributed by atoms with Crippen molar-refractivity contribution in [2.45, 2.75) is 25.5 Å². The lowest BCUT2D eigenvalue weighted by molar-refractivity contribution is 0.0680. The van der Waals surface area contributed by atoms with Crippen LogP contribution < -0.4 is 0 Å². The number of benzene rings is 1. The van der Waals surface area contributed by atoms with E-state index in [4.69, 9.17) is 4.42 Å². The maximum Gasteiger partial charge on any atom is 0.290 e. The standard InChI is InChI=1S/C16H15F2NO3/c1-9-2-5-15(22-9)16(21)19-8-11(20)7-14(19)12-6-10(17)3-4-13(12)18/h2-6,11,14,20H,7-8H2,1H3/t11-,14+/m1/s1. The van der Waals surface area contributed by atoms with Crippen LogP contribution in [-0.4, -0.2) is 28.6 Å². The summed E-state index contributed by atoms with van der Waals surface area (Å²) in [6, 6.07) is 5.56. The van der Waals surface area contributed by atoms with Gasteiger partial charge in [-0.05, 0) is 43.7 Å². The fourth-order valence-corrected chi connectivity index (χ4v) is 2.79. The maximum atomic E-state index is 14.0. The number of β-amino-alcohol motifs (C(OH)–C–C–N with tert-alkyl or cyclic N) is 1. The largest absolute Gasteiger partial charge is 0.456 e. The lowest BCUT2D eigenvalue weighted by Crippen LogP contribution is -2.32. The van der Waals surface area contributed by atoms with Crippen molar-refractivity contribution in [3.05, 3.63) is 59.1 Å². The fraction of sp³-hybridized carbons (Fsp3) is 0.312. The van der Waals surface area contributed by atoms with Crippen LogP contribution in [0.5, 0.6) is 0 Å². The van der Waals surface area contributed by atoms with Gasteiger partial charge in [-0.15, -0.1) is 0 Å². The van der Waals surface area contributed by atoms with E-state index in [1.54, 1.807) is 13.0 Å². The number of carbonyl (C=O) groups is 1. The van der Waals surface area contributed by atoms with E-state index in [-0.39, 0.29) is 24.3 Å². The van der Waals surface area contributed by atoms with Gasteiger partial charge in [0.2, 0.25) is 0 Å². The van der Waals surface area contributed by atoms with Crippen molar-refractivity contribution >= 4 is 5.91 Å². The van der Waals surface area contributed by atoms with E-state index in [0.717, 1.165) is 18.2 Å². The molecule has 0 spiro atoms. The number of hydrogen-bond donors (Lipinski definition) is 1. The SMILES string of the molecule is Cc1ccc(C(=O)N2C[C@H](O)C[C@H]2c2cc(F)ccc2F)o1. The summed E-state index contributed by atoms with van der Waals surface area (Å²) in [5.41, 5.74) is 0.0631. The molecule has 1 aliphatic heterocycles. The normalized spacial score (nSPS) is 21.4. The molecule has 0 saturated carbocycles. The number of hydrogen-bond acceptors (Lipinski definition) is 3. The predicted molar refractivity (Wildman–Crippen MR) is 74.2 cm³/mol. The van der Waals surface area contributed by atoms with Crippen molar-refractivity contribution in [3.8, 4) is 0 Å². The molecule has 6 heteroatoms. The zero-order valence-electron chi connectivity index (χ0n) is 11.9. The third-order valence-corrected chi connectivity index (χ3v) is 3.81. The highest BCUT2D eigenvalue weighted by Gasteiger charge is 2.38. The van der Waals surface area contributed by atoms with E-state index in [1.807, 2.05) is 0 Å². The van der Waals surface area contributed by atoms with E-state index in [2.05, 4.69) is 0 Å². The number of aliphatic hydroxyl groups excluding tert-OH is 1. The number of nitrogens with zero attached hydrogens (tertiary/aromatic N) is 1. The number of amides is 1. The first-order chi connectivity index (χ1) is 10.5. The molecule has 3 rings (SSSR count). The van der Waals surface area contributed by atoms with Crippen molar-refractivity contribution in [3.63, 3.8) is 0 Å². The first-order valence-corrected chi connectivity index (χ1v) is 6.96. The highest BCUT2D eigenvalue weighted by Crippen LogP contribution is 2.35. The third kappa shape index (κ3) is 2.62. The molecule has 2 heterocycles. The Kier molecular flexibility index (Phi) is 3.70. The van der Waals surface area contributed by atoms with Crippen LogP contribution in [0.3, 0.4) is 0 Å². The maximum absolute atomic E-state index is 14.0. The Morgan fingerprint density at radius 2 is 2.09 bits per heavy atom. The van der Waals surface area contributed by atoms with Gasteiger partial charge in [0.25, 0.3) is 5.91 Å². The molecular formula is C16H15F2NO3. The second-order valence-corrected chi connectivity index (χ2v) is 5.44. The topological polar surface area (TPSA) is 53.7 Å². The number of aliphatic hydroxyl groups is 1. The van der Waals surface area contributed by atoms with E-state index in [9.17, 15) is 18.7 Å². The van der Waals surface area contributed by atoms with Gasteiger partial charge in [0.05, 0.1) is 12.1 Å². The lowest BCUT2D eigenvalue weighted by Gasteiger charge is -2.24. The van der Waals surface area contributed by atoms with E-state index >= 15 is 0 Å². The average Bonchev–Trinajstić information content (AvgIpc) is 3.07. The van der Waals surface area contributed by atoms with E-state index in [1.165, 1.54) is 11.0 Å². The molecule has 0 radical (unpaired) electrons. The van der Waals surface area contributed by atoms with Crippen molar-refractivity contribution in [2.75, 3.05) is 6.54 Å². The summed E-state index contributed by atoms with van der Waals surface area (Å²) in [6.45, 7) is 1.76. The summed E-state index contributed by atoms with van der Waals surface area (Å²) in [7, 11) is 0. The smallest absolute Gasteiger partial charge is 0.290 e. The lowest BCUT2D eigenvalue weighted by atomic mass is 10.0. The number of aryl methyl sites for hydroxylation is 1. The molecule has 0 aliphatic carbocycles. The molecule has 4 nitrogen and oxygen atoms in total. The molecular weight excluding hydrogens is 292 g/mol. The van der Waals surface area contributed by atoms with Crippen LogP contribution in [-0.2, 0) is 0 Å². The Morgan fingerprint density at radius 3 is 2.77 bits per heavy atom.